The lowest BCUT2D eigenvalue weighted by atomic mass is 10.2. The summed E-state index contributed by atoms with van der Waals surface area (Å²) in [7, 11) is -4.55. The first-order valence-corrected chi connectivity index (χ1v) is 12.0. The Balaban J connectivity index is 2.69. The van der Waals surface area contributed by atoms with Gasteiger partial charge in [0.25, 0.3) is 0 Å². The monoisotopic (exact) mass is 311 g/mol. The van der Waals surface area contributed by atoms with Gasteiger partial charge in [-0.05, 0) is 32.0 Å². The summed E-state index contributed by atoms with van der Waals surface area (Å²) in [6, 6.07) is 7.74. The highest BCUT2D eigenvalue weighted by atomic mass is 32.2. The highest BCUT2D eigenvalue weighted by Gasteiger charge is 2.16. The van der Waals surface area contributed by atoms with Crippen LogP contribution >= 0.6 is 0 Å². The van der Waals surface area contributed by atoms with E-state index in [0.29, 0.717) is 4.90 Å². The van der Waals surface area contributed by atoms with Gasteiger partial charge in [0.05, 0.1) is 4.90 Å². The van der Waals surface area contributed by atoms with Crippen LogP contribution in [0.3, 0.4) is 0 Å². The highest BCUT2D eigenvalue weighted by molar-refractivity contribution is 7.89. The molecule has 1 rings (SSSR count). The molecule has 1 aromatic carbocycles. The number of aryl methyl sites for hydroxylation is 1. The molecule has 5 heteroatoms. The molecule has 0 aliphatic rings. The van der Waals surface area contributed by atoms with Crippen LogP contribution < -0.4 is 4.72 Å². The molecule has 0 heterocycles. The number of hydrogen-bond donors (Lipinski definition) is 1. The fourth-order valence-electron chi connectivity index (χ4n) is 1.70. The van der Waals surface area contributed by atoms with Crippen LogP contribution in [0.5, 0.6) is 0 Å². The lowest BCUT2D eigenvalue weighted by Crippen LogP contribution is -2.31. The SMILES string of the molecule is Cc1ccc(S(=O)(=O)N[C@@H](C)/C=C/C[Si](C)(C)C)cc1. The summed E-state index contributed by atoms with van der Waals surface area (Å²) >= 11 is 0. The van der Waals surface area contributed by atoms with Crippen molar-refractivity contribution in [1.82, 2.24) is 4.72 Å². The van der Waals surface area contributed by atoms with E-state index in [0.717, 1.165) is 11.6 Å². The minimum Gasteiger partial charge on any atom is -0.207 e. The zero-order chi connectivity index (χ0) is 15.4. The molecule has 0 unspecified atom stereocenters. The summed E-state index contributed by atoms with van der Waals surface area (Å²) in [6.07, 6.45) is 4.03. The zero-order valence-corrected chi connectivity index (χ0v) is 14.8. The van der Waals surface area contributed by atoms with Crippen molar-refractivity contribution in [2.45, 2.75) is 50.5 Å². The van der Waals surface area contributed by atoms with Crippen molar-refractivity contribution in [3.8, 4) is 0 Å². The molecule has 0 aliphatic heterocycles. The van der Waals surface area contributed by atoms with Crippen molar-refractivity contribution in [2.24, 2.45) is 0 Å². The lowest BCUT2D eigenvalue weighted by Gasteiger charge is -2.14. The Hall–Kier alpha value is -0.913. The first-order chi connectivity index (χ1) is 9.10. The quantitative estimate of drug-likeness (QED) is 0.645. The molecule has 0 radical (unpaired) electrons. The summed E-state index contributed by atoms with van der Waals surface area (Å²) < 4.78 is 27.0. The third-order valence-electron chi connectivity index (χ3n) is 2.83. The third-order valence-corrected chi connectivity index (χ3v) is 5.86. The van der Waals surface area contributed by atoms with E-state index in [1.807, 2.05) is 19.9 Å². The number of benzene rings is 1. The first kappa shape index (κ1) is 17.1. The van der Waals surface area contributed by atoms with E-state index in [4.69, 9.17) is 0 Å². The third kappa shape index (κ3) is 6.03. The van der Waals surface area contributed by atoms with Gasteiger partial charge in [0, 0.05) is 14.1 Å². The Kier molecular flexibility index (Phi) is 5.74. The number of hydrogen-bond acceptors (Lipinski definition) is 2. The Bertz CT molecular complexity index is 557. The summed E-state index contributed by atoms with van der Waals surface area (Å²) in [5.41, 5.74) is 1.05. The second kappa shape index (κ2) is 6.69. The molecular weight excluding hydrogens is 286 g/mol. The maximum absolute atomic E-state index is 12.2. The molecule has 0 bridgehead atoms. The molecule has 0 saturated heterocycles. The average Bonchev–Trinajstić information content (AvgIpc) is 2.26. The molecule has 0 fully saturated rings. The second-order valence-corrected chi connectivity index (χ2v) is 13.7. The molecule has 1 atom stereocenters. The van der Waals surface area contributed by atoms with Crippen LogP contribution in [0.25, 0.3) is 0 Å². The van der Waals surface area contributed by atoms with E-state index in [2.05, 4.69) is 30.4 Å². The highest BCUT2D eigenvalue weighted by Crippen LogP contribution is 2.12. The minimum atomic E-state index is -3.43. The van der Waals surface area contributed by atoms with Gasteiger partial charge < -0.3 is 0 Å². The summed E-state index contributed by atoms with van der Waals surface area (Å²) in [6.45, 7) is 10.7. The van der Waals surface area contributed by atoms with Crippen molar-refractivity contribution >= 4 is 18.1 Å². The first-order valence-electron chi connectivity index (χ1n) is 6.86. The van der Waals surface area contributed by atoms with Gasteiger partial charge in [-0.25, -0.2) is 13.1 Å². The number of nitrogens with one attached hydrogen (secondary N) is 1. The molecular formula is C15H25NO2SSi. The summed E-state index contributed by atoms with van der Waals surface area (Å²) in [5.74, 6) is 0. The van der Waals surface area contributed by atoms with Gasteiger partial charge in [-0.1, -0.05) is 49.5 Å². The molecule has 112 valence electrons. The lowest BCUT2D eigenvalue weighted by molar-refractivity contribution is 0.576. The fourth-order valence-corrected chi connectivity index (χ4v) is 3.74. The molecule has 0 amide bonds. The van der Waals surface area contributed by atoms with Crippen molar-refractivity contribution in [3.63, 3.8) is 0 Å². The largest absolute Gasteiger partial charge is 0.241 e. The maximum atomic E-state index is 12.2. The van der Waals surface area contributed by atoms with Gasteiger partial charge in [-0.2, -0.15) is 0 Å². The van der Waals surface area contributed by atoms with E-state index >= 15 is 0 Å². The van der Waals surface area contributed by atoms with E-state index in [1.165, 1.54) is 0 Å². The van der Waals surface area contributed by atoms with Crippen molar-refractivity contribution in [3.05, 3.63) is 42.0 Å². The van der Waals surface area contributed by atoms with E-state index in [1.54, 1.807) is 24.3 Å². The smallest absolute Gasteiger partial charge is 0.207 e. The Morgan fingerprint density at radius 3 is 2.25 bits per heavy atom. The molecule has 0 saturated carbocycles. The number of rotatable bonds is 6. The molecule has 0 aliphatic carbocycles. The Labute approximate surface area is 124 Å². The van der Waals surface area contributed by atoms with E-state index in [9.17, 15) is 8.42 Å². The second-order valence-electron chi connectivity index (χ2n) is 6.42. The van der Waals surface area contributed by atoms with Crippen molar-refractivity contribution in [2.75, 3.05) is 0 Å². The van der Waals surface area contributed by atoms with Gasteiger partial charge in [0.15, 0.2) is 0 Å². The predicted molar refractivity (Wildman–Crippen MR) is 88.3 cm³/mol. The molecule has 0 spiro atoms. The number of sulfonamides is 1. The van der Waals surface area contributed by atoms with Gasteiger partial charge in [-0.3, -0.25) is 0 Å². The Morgan fingerprint density at radius 1 is 1.20 bits per heavy atom. The number of allylic oxidation sites excluding steroid dienone is 1. The van der Waals surface area contributed by atoms with Gasteiger partial charge in [0.2, 0.25) is 10.0 Å². The van der Waals surface area contributed by atoms with E-state index in [-0.39, 0.29) is 6.04 Å². The van der Waals surface area contributed by atoms with Crippen LogP contribution in [-0.2, 0) is 10.0 Å². The average molecular weight is 312 g/mol. The summed E-state index contributed by atoms with van der Waals surface area (Å²) in [4.78, 5) is 0.313. The Morgan fingerprint density at radius 2 is 1.75 bits per heavy atom. The van der Waals surface area contributed by atoms with Gasteiger partial charge >= 0.3 is 0 Å². The molecule has 1 aromatic rings. The standard InChI is InChI=1S/C15H25NO2SSi/c1-13-8-10-15(11-9-13)19(17,18)16-14(2)7-6-12-20(3,4)5/h6-11,14,16H,12H2,1-5H3/b7-6+/t14-/m0/s1. The van der Waals surface area contributed by atoms with Crippen molar-refractivity contribution in [1.29, 1.82) is 0 Å². The van der Waals surface area contributed by atoms with Crippen LogP contribution in [0.1, 0.15) is 12.5 Å². The van der Waals surface area contributed by atoms with Crippen LogP contribution in [0, 0.1) is 6.92 Å². The van der Waals surface area contributed by atoms with Gasteiger partial charge in [0.1, 0.15) is 0 Å². The topological polar surface area (TPSA) is 46.2 Å². The zero-order valence-electron chi connectivity index (χ0n) is 13.0. The van der Waals surface area contributed by atoms with E-state index < -0.39 is 18.1 Å². The van der Waals surface area contributed by atoms with Crippen LogP contribution in [-0.4, -0.2) is 22.5 Å². The molecule has 3 nitrogen and oxygen atoms in total. The van der Waals surface area contributed by atoms with Crippen LogP contribution in [0.2, 0.25) is 25.7 Å². The normalized spacial score (nSPS) is 14.7. The minimum absolute atomic E-state index is 0.197. The predicted octanol–water partition coefficient (Wildman–Crippen LogP) is 3.56. The molecule has 0 aromatic heterocycles. The van der Waals surface area contributed by atoms with Crippen LogP contribution in [0.4, 0.5) is 0 Å². The van der Waals surface area contributed by atoms with Crippen molar-refractivity contribution < 1.29 is 8.42 Å². The fraction of sp³-hybridized carbons (Fsp3) is 0.467. The van der Waals surface area contributed by atoms with Gasteiger partial charge in [-0.15, -0.1) is 0 Å². The van der Waals surface area contributed by atoms with Crippen LogP contribution in [0.15, 0.2) is 41.3 Å². The summed E-state index contributed by atoms with van der Waals surface area (Å²) in [5, 5.41) is 0. The maximum Gasteiger partial charge on any atom is 0.241 e. The molecule has 1 N–H and O–H groups in total. The molecule has 20 heavy (non-hydrogen) atoms.